The summed E-state index contributed by atoms with van der Waals surface area (Å²) in [6, 6.07) is 8.60. The Bertz CT molecular complexity index is 1040. The predicted octanol–water partition coefficient (Wildman–Crippen LogP) is 7.89. The number of hydrogen-bond donors (Lipinski definition) is 2. The Balaban J connectivity index is 1.58. The first kappa shape index (κ1) is 26.8. The van der Waals surface area contributed by atoms with Crippen LogP contribution in [-0.2, 0) is 11.0 Å². The number of benzene rings is 2. The van der Waals surface area contributed by atoms with Crippen molar-refractivity contribution in [3.05, 3.63) is 41.5 Å². The number of carboxylic acids is 1. The van der Waals surface area contributed by atoms with Gasteiger partial charge in [-0.15, -0.1) is 0 Å². The molecule has 1 unspecified atom stereocenters. The van der Waals surface area contributed by atoms with E-state index in [1.807, 2.05) is 13.0 Å². The Kier molecular flexibility index (Phi) is 8.48. The van der Waals surface area contributed by atoms with Crippen LogP contribution in [0, 0.1) is 11.8 Å². The number of aliphatic carboxylic acids is 1. The fourth-order valence-electron chi connectivity index (χ4n) is 6.00. The number of alkyl halides is 3. The molecule has 198 valence electrons. The zero-order valence-corrected chi connectivity index (χ0v) is 21.2. The molecule has 0 heterocycles. The lowest BCUT2D eigenvalue weighted by atomic mass is 9.85. The molecule has 2 N–H and O–H groups in total. The van der Waals surface area contributed by atoms with Gasteiger partial charge in [0.1, 0.15) is 11.3 Å². The van der Waals surface area contributed by atoms with E-state index in [1.165, 1.54) is 6.07 Å². The molecule has 0 bridgehead atoms. The minimum atomic E-state index is -4.53. The van der Waals surface area contributed by atoms with Crippen molar-refractivity contribution >= 4 is 16.7 Å². The summed E-state index contributed by atoms with van der Waals surface area (Å²) < 4.78 is 49.2. The molecule has 0 saturated heterocycles. The molecule has 36 heavy (non-hydrogen) atoms. The maximum atomic E-state index is 14.4. The molecular weight excluding hydrogens is 467 g/mol. The Morgan fingerprint density at radius 2 is 1.69 bits per heavy atom. The first-order valence-corrected chi connectivity index (χ1v) is 13.5. The SMILES string of the molecule is CCC(N[C@H]1CC[C@@H](C(=O)O)CC1)c1ccc2ccc(O[C@H]3CC[C@@H](CC)CC3)c(C(F)(F)F)c2c1. The van der Waals surface area contributed by atoms with E-state index in [0.29, 0.717) is 24.1 Å². The van der Waals surface area contributed by atoms with Gasteiger partial charge in [0.05, 0.1) is 12.0 Å². The maximum absolute atomic E-state index is 14.4. The van der Waals surface area contributed by atoms with Gasteiger partial charge in [0.25, 0.3) is 0 Å². The summed E-state index contributed by atoms with van der Waals surface area (Å²) in [4.78, 5) is 11.3. The third kappa shape index (κ3) is 6.16. The molecule has 0 aliphatic heterocycles. The Morgan fingerprint density at radius 1 is 1.03 bits per heavy atom. The lowest BCUT2D eigenvalue weighted by Gasteiger charge is -2.31. The lowest BCUT2D eigenvalue weighted by molar-refractivity contribution is -0.143. The first-order chi connectivity index (χ1) is 17.2. The van der Waals surface area contributed by atoms with Crippen LogP contribution < -0.4 is 10.1 Å². The molecular formula is C29H38F3NO3. The van der Waals surface area contributed by atoms with Crippen LogP contribution in [0.1, 0.15) is 95.2 Å². The quantitative estimate of drug-likeness (QED) is 0.383. The summed E-state index contributed by atoms with van der Waals surface area (Å²) in [6.07, 6.45) is 3.46. The fourth-order valence-corrected chi connectivity index (χ4v) is 6.00. The molecule has 2 fully saturated rings. The molecule has 2 aromatic rings. The van der Waals surface area contributed by atoms with Gasteiger partial charge in [-0.05, 0) is 92.2 Å². The largest absolute Gasteiger partial charge is 0.490 e. The van der Waals surface area contributed by atoms with Gasteiger partial charge in [-0.2, -0.15) is 13.2 Å². The standard InChI is InChI=1S/C29H38F3NO3/c1-3-18-5-14-23(15-6-18)36-26-16-11-19-7-8-21(17-24(19)27(26)29(30,31)32)25(4-2)33-22-12-9-20(10-13-22)28(34)35/h7-8,11,16-18,20,22-23,25,33H,3-6,9-10,12-15H2,1-2H3,(H,34,35)/t18-,20-,22+,23+,25?. The molecule has 7 heteroatoms. The van der Waals surface area contributed by atoms with Crippen LogP contribution in [0.3, 0.4) is 0 Å². The summed E-state index contributed by atoms with van der Waals surface area (Å²) in [7, 11) is 0. The molecule has 4 nitrogen and oxygen atoms in total. The molecule has 2 aliphatic carbocycles. The average Bonchev–Trinajstić information content (AvgIpc) is 2.86. The number of hydrogen-bond acceptors (Lipinski definition) is 3. The van der Waals surface area contributed by atoms with Crippen molar-refractivity contribution in [1.82, 2.24) is 5.32 Å². The highest BCUT2D eigenvalue weighted by molar-refractivity contribution is 5.89. The molecule has 0 amide bonds. The van der Waals surface area contributed by atoms with E-state index in [1.54, 1.807) is 18.2 Å². The topological polar surface area (TPSA) is 58.6 Å². The normalized spacial score (nSPS) is 26.0. The Morgan fingerprint density at radius 3 is 2.28 bits per heavy atom. The van der Waals surface area contributed by atoms with E-state index in [2.05, 4.69) is 12.2 Å². The van der Waals surface area contributed by atoms with E-state index in [-0.39, 0.29) is 35.2 Å². The molecule has 0 spiro atoms. The molecule has 2 aromatic carbocycles. The number of rotatable bonds is 8. The zero-order valence-electron chi connectivity index (χ0n) is 21.2. The minimum Gasteiger partial charge on any atom is -0.490 e. The van der Waals surface area contributed by atoms with Gasteiger partial charge in [-0.1, -0.05) is 38.5 Å². The van der Waals surface area contributed by atoms with Crippen molar-refractivity contribution in [2.75, 3.05) is 0 Å². The highest BCUT2D eigenvalue weighted by Crippen LogP contribution is 2.43. The van der Waals surface area contributed by atoms with Crippen molar-refractivity contribution in [2.45, 2.75) is 102 Å². The summed E-state index contributed by atoms with van der Waals surface area (Å²) >= 11 is 0. The number of ether oxygens (including phenoxy) is 1. The van der Waals surface area contributed by atoms with E-state index < -0.39 is 17.7 Å². The third-order valence-electron chi connectivity index (χ3n) is 8.28. The van der Waals surface area contributed by atoms with Gasteiger partial charge in [0.2, 0.25) is 0 Å². The lowest BCUT2D eigenvalue weighted by Crippen LogP contribution is -2.37. The molecule has 4 rings (SSSR count). The smallest absolute Gasteiger partial charge is 0.420 e. The van der Waals surface area contributed by atoms with E-state index in [4.69, 9.17) is 4.74 Å². The van der Waals surface area contributed by atoms with Crippen LogP contribution in [0.2, 0.25) is 0 Å². The molecule has 0 aromatic heterocycles. The van der Waals surface area contributed by atoms with Gasteiger partial charge >= 0.3 is 12.1 Å². The highest BCUT2D eigenvalue weighted by atomic mass is 19.4. The third-order valence-corrected chi connectivity index (χ3v) is 8.28. The molecule has 2 saturated carbocycles. The first-order valence-electron chi connectivity index (χ1n) is 13.5. The predicted molar refractivity (Wildman–Crippen MR) is 135 cm³/mol. The number of fused-ring (bicyclic) bond motifs is 1. The monoisotopic (exact) mass is 505 g/mol. The Hall–Kier alpha value is -2.28. The van der Waals surface area contributed by atoms with Crippen LogP contribution in [0.25, 0.3) is 10.8 Å². The van der Waals surface area contributed by atoms with Gasteiger partial charge in [0.15, 0.2) is 0 Å². The van der Waals surface area contributed by atoms with Crippen LogP contribution in [0.4, 0.5) is 13.2 Å². The van der Waals surface area contributed by atoms with Crippen LogP contribution in [0.15, 0.2) is 30.3 Å². The maximum Gasteiger partial charge on any atom is 0.420 e. The van der Waals surface area contributed by atoms with Crippen molar-refractivity contribution in [3.63, 3.8) is 0 Å². The number of nitrogens with one attached hydrogen (secondary N) is 1. The van der Waals surface area contributed by atoms with E-state index in [9.17, 15) is 23.1 Å². The van der Waals surface area contributed by atoms with Crippen molar-refractivity contribution in [1.29, 1.82) is 0 Å². The second-order valence-electron chi connectivity index (χ2n) is 10.6. The van der Waals surface area contributed by atoms with Gasteiger partial charge in [-0.25, -0.2) is 0 Å². The van der Waals surface area contributed by atoms with Crippen molar-refractivity contribution in [2.24, 2.45) is 11.8 Å². The molecule has 2 aliphatic rings. The average molecular weight is 506 g/mol. The van der Waals surface area contributed by atoms with E-state index >= 15 is 0 Å². The second kappa shape index (κ2) is 11.4. The molecule has 1 atom stereocenters. The molecule has 0 radical (unpaired) electrons. The van der Waals surface area contributed by atoms with Crippen molar-refractivity contribution in [3.8, 4) is 5.75 Å². The van der Waals surface area contributed by atoms with Crippen LogP contribution in [-0.4, -0.2) is 23.2 Å². The summed E-state index contributed by atoms with van der Waals surface area (Å²) in [5, 5.41) is 13.6. The number of halogens is 3. The summed E-state index contributed by atoms with van der Waals surface area (Å²) in [6.45, 7) is 4.18. The van der Waals surface area contributed by atoms with Gasteiger partial charge in [0, 0.05) is 12.1 Å². The van der Waals surface area contributed by atoms with Gasteiger partial charge < -0.3 is 15.2 Å². The van der Waals surface area contributed by atoms with Crippen LogP contribution >= 0.6 is 0 Å². The van der Waals surface area contributed by atoms with Crippen molar-refractivity contribution < 1.29 is 27.8 Å². The summed E-state index contributed by atoms with van der Waals surface area (Å²) in [5.41, 5.74) is 0.132. The minimum absolute atomic E-state index is 0.0694. The zero-order chi connectivity index (χ0) is 25.9. The summed E-state index contributed by atoms with van der Waals surface area (Å²) in [5.74, 6) is -0.469. The second-order valence-corrected chi connectivity index (χ2v) is 10.6. The number of carboxylic acid groups (broad SMARTS) is 1. The fraction of sp³-hybridized carbons (Fsp3) is 0.621. The highest BCUT2D eigenvalue weighted by Gasteiger charge is 2.38. The van der Waals surface area contributed by atoms with Crippen LogP contribution in [0.5, 0.6) is 5.75 Å². The van der Waals surface area contributed by atoms with E-state index in [0.717, 1.165) is 56.9 Å². The Labute approximate surface area is 211 Å². The van der Waals surface area contributed by atoms with Gasteiger partial charge in [-0.3, -0.25) is 4.79 Å². The number of carbonyl (C=O) groups is 1.